The minimum Gasteiger partial charge on any atom is -0.465 e. The predicted molar refractivity (Wildman–Crippen MR) is 432 cm³/mol. The molecular formula is C91H134N6O19. The maximum absolute atomic E-state index is 12.7. The van der Waals surface area contributed by atoms with Crippen molar-refractivity contribution in [1.82, 2.24) is 29.8 Å². The quantitative estimate of drug-likeness (QED) is 0.0813. The molecule has 15 fully saturated rings. The Bertz CT molecular complexity index is 4200. The number of morpholine rings is 1. The second-order valence-electron chi connectivity index (χ2n) is 40.9. The number of likely N-dealkylation sites (tertiary alicyclic amines) is 1. The number of aliphatic hydroxyl groups is 6. The maximum atomic E-state index is 12.7. The first-order valence-corrected chi connectivity index (χ1v) is 44.9. The van der Waals surface area contributed by atoms with E-state index in [1.807, 2.05) is 18.2 Å². The summed E-state index contributed by atoms with van der Waals surface area (Å²) < 4.78 is 27.0. The first-order chi connectivity index (χ1) is 55.1. The summed E-state index contributed by atoms with van der Waals surface area (Å²) in [4.78, 5) is 81.6. The molecule has 25 nitrogen and oxygen atoms in total. The number of carbonyl (C=O) groups is 3. The van der Waals surface area contributed by atoms with E-state index in [0.29, 0.717) is 90.9 Å². The highest BCUT2D eigenvalue weighted by atomic mass is 16.6. The van der Waals surface area contributed by atoms with Crippen molar-refractivity contribution >= 4 is 18.3 Å². The van der Waals surface area contributed by atoms with E-state index in [2.05, 4.69) is 56.7 Å². The van der Waals surface area contributed by atoms with Gasteiger partial charge in [0.05, 0.1) is 65.6 Å². The number of piperazine rings is 1. The van der Waals surface area contributed by atoms with Crippen molar-refractivity contribution in [2.75, 3.05) is 91.8 Å². The zero-order chi connectivity index (χ0) is 82.0. The largest absolute Gasteiger partial charge is 0.465 e. The Morgan fingerprint density at radius 3 is 1.13 bits per heavy atom. The monoisotopic (exact) mass is 1610 g/mol. The molecule has 3 aromatic heterocycles. The van der Waals surface area contributed by atoms with Gasteiger partial charge in [0, 0.05) is 118 Å². The lowest BCUT2D eigenvalue weighted by Crippen LogP contribution is -2.68. The second kappa shape index (κ2) is 31.3. The molecule has 3 aromatic rings. The number of carbonyl (C=O) groups excluding carboxylic acids is 1. The molecule has 24 atom stereocenters. The highest BCUT2D eigenvalue weighted by molar-refractivity contribution is 5.68. The van der Waals surface area contributed by atoms with Crippen LogP contribution in [0.5, 0.6) is 0 Å². The minimum absolute atomic E-state index is 0.0886. The van der Waals surface area contributed by atoms with Crippen LogP contribution in [0.4, 0.5) is 14.4 Å². The summed E-state index contributed by atoms with van der Waals surface area (Å²) in [5.41, 5.74) is -5.30. The van der Waals surface area contributed by atoms with Crippen LogP contribution < -0.4 is 22.2 Å². The van der Waals surface area contributed by atoms with Crippen LogP contribution in [0.15, 0.2) is 82.8 Å². The van der Waals surface area contributed by atoms with Crippen molar-refractivity contribution in [3.8, 4) is 0 Å². The molecule has 0 aromatic carbocycles. The number of rotatable bonds is 12. The second-order valence-corrected chi connectivity index (χ2v) is 40.9. The molecule has 9 N–H and O–H groups in total. The van der Waals surface area contributed by atoms with E-state index in [9.17, 15) is 69.6 Å². The molecule has 0 unspecified atom stereocenters. The molecule has 0 radical (unpaired) electrons. The first kappa shape index (κ1) is 83.9. The van der Waals surface area contributed by atoms with Gasteiger partial charge < -0.3 is 88.5 Å². The van der Waals surface area contributed by atoms with Gasteiger partial charge in [0.2, 0.25) is 0 Å². The molecule has 3 saturated heterocycles. The van der Waals surface area contributed by atoms with Crippen LogP contribution >= 0.6 is 0 Å². The van der Waals surface area contributed by atoms with Gasteiger partial charge in [0.25, 0.3) is 0 Å². The van der Waals surface area contributed by atoms with E-state index in [4.69, 9.17) is 22.7 Å². The average Bonchev–Trinajstić information content (AvgIpc) is 1.39. The Hall–Kier alpha value is -5.74. The fourth-order valence-electron chi connectivity index (χ4n) is 29.8. The maximum Gasteiger partial charge on any atom is 0.410 e. The minimum atomic E-state index is -0.950. The molecule has 0 spiro atoms. The average molecular weight is 1620 g/mol. The van der Waals surface area contributed by atoms with Crippen LogP contribution in [0.1, 0.15) is 262 Å². The summed E-state index contributed by atoms with van der Waals surface area (Å²) in [6.45, 7) is 23.7. The Morgan fingerprint density at radius 2 is 0.767 bits per heavy atom. The van der Waals surface area contributed by atoms with Gasteiger partial charge in [-0.1, -0.05) is 41.5 Å². The molecule has 12 saturated carbocycles. The first-order valence-electron chi connectivity index (χ1n) is 44.9. The molecule has 3 aliphatic heterocycles. The Morgan fingerprint density at radius 1 is 0.422 bits per heavy atom. The van der Waals surface area contributed by atoms with Crippen LogP contribution in [-0.4, -0.2) is 227 Å². The van der Waals surface area contributed by atoms with E-state index >= 15 is 0 Å². The SMILES string of the molecule is C[C@]12CC[C@H](N(CCN3CCCC3)C(=O)O)C[C@@]1(O)CC[C@@H]1[C@@H]2CC[C@]2(C)[C@@H](c3ccc(=O)oc3)CC[C@]12O.C[C@]12CC[C@H](N(CCN3CCOCC3)C(=O)O)C[C@@]1(O)CC[C@@H]1[C@@H]2CC[C@]2(C)[C@@H](c3ccc(=O)oc3)CC[C@]12O.C[C@]12CC[C@H](OC(=O)N3CCNCC3)C[C@@]1(O)CC[C@@H]1[C@@H]2CC[C@]2(C)[C@@H](c3ccc(=O)oc3)CC[C@]12O. The summed E-state index contributed by atoms with van der Waals surface area (Å²) in [6.07, 6.45) is 25.0. The van der Waals surface area contributed by atoms with Gasteiger partial charge in [0.1, 0.15) is 6.10 Å². The van der Waals surface area contributed by atoms with E-state index in [0.717, 1.165) is 191 Å². The number of amides is 3. The number of fused-ring (bicyclic) bond motifs is 15. The Labute approximate surface area is 683 Å². The smallest absolute Gasteiger partial charge is 0.410 e. The number of hydrogen-bond donors (Lipinski definition) is 9. The van der Waals surface area contributed by atoms with Gasteiger partial charge in [-0.2, -0.15) is 0 Å². The predicted octanol–water partition coefficient (Wildman–Crippen LogP) is 11.5. The highest BCUT2D eigenvalue weighted by Crippen LogP contribution is 2.75. The fraction of sp³-hybridized carbons (Fsp3) is 0.802. The molecule has 18 rings (SSSR count). The molecule has 12 aliphatic carbocycles. The Kier molecular flexibility index (Phi) is 22.6. The van der Waals surface area contributed by atoms with Gasteiger partial charge in [-0.05, 0) is 297 Å². The van der Waals surface area contributed by atoms with Crippen molar-refractivity contribution in [3.05, 3.63) is 103 Å². The number of nitrogens with one attached hydrogen (secondary N) is 1. The topological polar surface area (TPSA) is 350 Å². The van der Waals surface area contributed by atoms with E-state index in [1.165, 1.54) is 31.0 Å². The zero-order valence-electron chi connectivity index (χ0n) is 69.8. The number of carboxylic acid groups (broad SMARTS) is 2. The van der Waals surface area contributed by atoms with Gasteiger partial charge in [-0.3, -0.25) is 4.90 Å². The van der Waals surface area contributed by atoms with Crippen LogP contribution in [-0.2, 0) is 9.47 Å². The van der Waals surface area contributed by atoms with Crippen molar-refractivity contribution in [2.45, 2.75) is 297 Å². The highest BCUT2D eigenvalue weighted by Gasteiger charge is 2.74. The van der Waals surface area contributed by atoms with Crippen LogP contribution in [0.2, 0.25) is 0 Å². The van der Waals surface area contributed by atoms with Gasteiger partial charge in [-0.15, -0.1) is 0 Å². The molecular weight excluding hydrogens is 1480 g/mol. The molecule has 3 amide bonds. The van der Waals surface area contributed by atoms with Crippen molar-refractivity contribution in [2.24, 2.45) is 68.0 Å². The lowest BCUT2D eigenvalue weighted by molar-refractivity contribution is -0.253. The number of ether oxygens (including phenoxy) is 2. The van der Waals surface area contributed by atoms with Crippen molar-refractivity contribution < 1.29 is 78.0 Å². The lowest BCUT2D eigenvalue weighted by Gasteiger charge is -2.66. The summed E-state index contributed by atoms with van der Waals surface area (Å²) in [7, 11) is 0. The van der Waals surface area contributed by atoms with Crippen LogP contribution in [0, 0.1) is 68.0 Å². The van der Waals surface area contributed by atoms with Crippen molar-refractivity contribution in [3.63, 3.8) is 0 Å². The summed E-state index contributed by atoms with van der Waals surface area (Å²) in [5, 5.41) is 97.5. The van der Waals surface area contributed by atoms with E-state index in [1.54, 1.807) is 33.5 Å². The van der Waals surface area contributed by atoms with Gasteiger partial charge in [0.15, 0.2) is 0 Å². The summed E-state index contributed by atoms with van der Waals surface area (Å²) in [5.74, 6) is 1.33. The number of hydrogen-bond acceptors (Lipinski definition) is 20. The molecule has 116 heavy (non-hydrogen) atoms. The fourth-order valence-corrected chi connectivity index (χ4v) is 29.8. The third kappa shape index (κ3) is 13.8. The van der Waals surface area contributed by atoms with E-state index < -0.39 is 45.8 Å². The summed E-state index contributed by atoms with van der Waals surface area (Å²) >= 11 is 0. The van der Waals surface area contributed by atoms with Crippen LogP contribution in [0.3, 0.4) is 0 Å². The molecule has 0 bridgehead atoms. The normalized spacial score (nSPS) is 44.2. The van der Waals surface area contributed by atoms with E-state index in [-0.39, 0.29) is 127 Å². The third-order valence-corrected chi connectivity index (χ3v) is 36.9. The lowest BCUT2D eigenvalue weighted by atomic mass is 9.41. The molecule has 25 heteroatoms. The van der Waals surface area contributed by atoms with Crippen molar-refractivity contribution in [1.29, 1.82) is 0 Å². The standard InChI is InChI=1S/C31H46N2O7.C31H46N2O6.C29H42N2O6/c1-28-9-5-22(33(27(35)36)14-13-32-15-17-39-18-16-32)19-30(28,37)11-7-25-24(28)6-10-29(2)23(8-12-31(25,29)38)21-3-4-26(34)40-20-21;1-28-11-7-22(33(27(35)36)18-17-32-15-3-4-16-32)19-30(28,37)13-9-25-24(28)8-12-29(2)23(10-14-31(25,29)38)21-5-6-26(34)39-20-21;1-26-9-5-20(37-25(33)31-15-13-30-14-16-31)17-28(26,34)11-7-23-22(26)6-10-27(2)21(8-12-29(23,27)35)19-3-4-24(32)36-18-19/h3-4,20,22-25,37-38H,5-19H2,1-2H3,(H,35,36);5-6,20,22-25,37-38H,3-4,7-19H2,1-2H3,(H,35,36);3-4,18,20-23,30,34-35H,5-17H2,1-2H3/t2*22-,23+,24-,25+,28+,29+,30-,31-;20-,21+,22-,23+,26+,27+,28-,29-/m000/s1. The molecule has 6 heterocycles. The Balaban J connectivity index is 0.000000131. The van der Waals surface area contributed by atoms with Gasteiger partial charge >= 0.3 is 35.2 Å². The summed E-state index contributed by atoms with van der Waals surface area (Å²) in [6, 6.07) is 9.65. The third-order valence-electron chi connectivity index (χ3n) is 36.9. The number of nitrogens with zero attached hydrogens (tertiary/aromatic N) is 5. The molecule has 15 aliphatic rings. The van der Waals surface area contributed by atoms with Gasteiger partial charge in [-0.25, -0.2) is 28.8 Å². The zero-order valence-corrected chi connectivity index (χ0v) is 69.8. The van der Waals surface area contributed by atoms with Crippen LogP contribution in [0.25, 0.3) is 0 Å². The molecule has 642 valence electrons.